The van der Waals surface area contributed by atoms with Gasteiger partial charge in [0.25, 0.3) is 0 Å². The number of hydrogen-bond donors (Lipinski definition) is 0. The summed E-state index contributed by atoms with van der Waals surface area (Å²) in [6, 6.07) is 0. The van der Waals surface area contributed by atoms with Gasteiger partial charge in [0.2, 0.25) is 0 Å². The quantitative estimate of drug-likeness (QED) is 0.212. The maximum absolute atomic E-state index is 6.37. The number of alkyl halides is 23. The first-order valence-corrected chi connectivity index (χ1v) is 16.2. The summed E-state index contributed by atoms with van der Waals surface area (Å²) in [6.07, 6.45) is 0. The summed E-state index contributed by atoms with van der Waals surface area (Å²) in [7, 11) is 0. The van der Waals surface area contributed by atoms with Gasteiger partial charge < -0.3 is 0 Å². The first-order valence-electron chi connectivity index (χ1n) is 7.45. The summed E-state index contributed by atoms with van der Waals surface area (Å²) in [5.74, 6) is 0. The zero-order chi connectivity index (χ0) is 29.1. The summed E-state index contributed by atoms with van der Waals surface area (Å²) in [4.78, 5) is 0. The van der Waals surface area contributed by atoms with E-state index in [0.717, 1.165) is 0 Å². The molecule has 210 valence electrons. The molecule has 0 radical (unpaired) electrons. The zero-order valence-electron chi connectivity index (χ0n) is 14.8. The van der Waals surface area contributed by atoms with Gasteiger partial charge in [0.05, 0.1) is 0 Å². The average molecular weight is 961 g/mol. The lowest BCUT2D eigenvalue weighted by Crippen LogP contribution is -2.76. The Labute approximate surface area is 315 Å². The number of rotatable bonds is 0. The highest BCUT2D eigenvalue weighted by atomic mass is 35.6. The van der Waals surface area contributed by atoms with E-state index in [0.29, 0.717) is 0 Å². The van der Waals surface area contributed by atoms with Crippen LogP contribution >= 0.6 is 267 Å². The fourth-order valence-electron chi connectivity index (χ4n) is 2.34. The first kappa shape index (κ1) is 39.7. The van der Waals surface area contributed by atoms with Gasteiger partial charge in [0, 0.05) is 0 Å². The Bertz CT molecular complexity index is 765. The second-order valence-electron chi connectivity index (χ2n) is 6.78. The van der Waals surface area contributed by atoms with Crippen molar-refractivity contribution >= 4 is 267 Å². The smallest absolute Gasteiger partial charge is 0.116 e. The lowest BCUT2D eigenvalue weighted by molar-refractivity contribution is 0.380. The fourth-order valence-corrected chi connectivity index (χ4v) is 11.1. The maximum atomic E-state index is 6.37. The molecular formula is C12HCl23. The van der Waals surface area contributed by atoms with Crippen molar-refractivity contribution in [1.29, 1.82) is 0 Å². The molecule has 0 unspecified atom stereocenters. The van der Waals surface area contributed by atoms with Crippen LogP contribution in [0.15, 0.2) is 0 Å². The molecule has 0 atom stereocenters. The third-order valence-corrected chi connectivity index (χ3v) is 21.9. The lowest BCUT2D eigenvalue weighted by Gasteiger charge is -2.59. The van der Waals surface area contributed by atoms with Gasteiger partial charge in [0.1, 0.15) is 5.38 Å². The van der Waals surface area contributed by atoms with Crippen LogP contribution < -0.4 is 0 Å². The lowest BCUT2D eigenvalue weighted by atomic mass is 9.94. The SMILES string of the molecule is ClC1C(Cl)(Cl)C(Cl)(Cl)C(Cl)(Cl)C(Cl)(Cl)C(Cl)(Cl)C(Cl)(Cl)C(Cl)(Cl)C(Cl)(Cl)C(Cl)(Cl)C(Cl)(Cl)C1(Cl)Cl. The molecule has 0 saturated heterocycles. The number of halogens is 23. The molecule has 0 heterocycles. The molecule has 1 aliphatic carbocycles. The third kappa shape index (κ3) is 5.15. The Hall–Kier alpha value is 6.67. The molecule has 0 spiro atoms. The van der Waals surface area contributed by atoms with Gasteiger partial charge in [-0.05, 0) is 0 Å². The van der Waals surface area contributed by atoms with E-state index in [2.05, 4.69) is 0 Å². The van der Waals surface area contributed by atoms with E-state index < -0.39 is 53.0 Å². The molecule has 1 fully saturated rings. The average Bonchev–Trinajstić information content (AvgIpc) is 2.64. The van der Waals surface area contributed by atoms with Crippen LogP contribution in [0.1, 0.15) is 0 Å². The van der Waals surface area contributed by atoms with E-state index in [9.17, 15) is 0 Å². The molecule has 0 aromatic heterocycles. The van der Waals surface area contributed by atoms with Crippen LogP contribution in [0.25, 0.3) is 0 Å². The minimum absolute atomic E-state index is 2.27. The normalized spacial score (nSPS) is 33.7. The molecule has 0 aromatic carbocycles. The highest BCUT2D eigenvalue weighted by Gasteiger charge is 2.87. The van der Waals surface area contributed by atoms with Crippen molar-refractivity contribution in [2.75, 3.05) is 0 Å². The van der Waals surface area contributed by atoms with Crippen LogP contribution in [-0.4, -0.2) is 53.0 Å². The third-order valence-electron chi connectivity index (χ3n) is 4.63. The van der Waals surface area contributed by atoms with Crippen molar-refractivity contribution in [1.82, 2.24) is 0 Å². The van der Waals surface area contributed by atoms with Crippen LogP contribution in [0, 0.1) is 0 Å². The van der Waals surface area contributed by atoms with E-state index in [4.69, 9.17) is 267 Å². The molecular weight excluding hydrogens is 960 g/mol. The minimum Gasteiger partial charge on any atom is -0.116 e. The van der Waals surface area contributed by atoms with Crippen LogP contribution in [0.4, 0.5) is 0 Å². The van der Waals surface area contributed by atoms with Crippen LogP contribution in [0.5, 0.6) is 0 Å². The number of hydrogen-bond acceptors (Lipinski definition) is 0. The molecule has 0 aliphatic heterocycles. The molecule has 1 rings (SSSR count). The topological polar surface area (TPSA) is 0 Å². The van der Waals surface area contributed by atoms with E-state index >= 15 is 0 Å². The zero-order valence-corrected chi connectivity index (χ0v) is 32.2. The minimum atomic E-state index is -3.22. The molecule has 35 heavy (non-hydrogen) atoms. The standard InChI is InChI=1S/C12HCl23/c13-1-2(14,15)4(18,19)6(22,23)8(26,27)10(30,31)12(34,35)11(32,33)9(28,29)7(24,25)5(20,21)3(1,16)17/h1H. The molecule has 1 aliphatic rings. The summed E-state index contributed by atoms with van der Waals surface area (Å²) >= 11 is 146. The predicted molar refractivity (Wildman–Crippen MR) is 168 cm³/mol. The Morgan fingerprint density at radius 2 is 0.343 bits per heavy atom. The van der Waals surface area contributed by atoms with Crippen LogP contribution in [0.3, 0.4) is 0 Å². The van der Waals surface area contributed by atoms with Crippen molar-refractivity contribution in [2.24, 2.45) is 0 Å². The second kappa shape index (κ2) is 11.2. The Morgan fingerprint density at radius 3 is 0.486 bits per heavy atom. The van der Waals surface area contributed by atoms with E-state index in [1.54, 1.807) is 0 Å². The molecule has 0 amide bonds. The van der Waals surface area contributed by atoms with Crippen molar-refractivity contribution in [2.45, 2.75) is 53.0 Å². The molecule has 23 heteroatoms. The van der Waals surface area contributed by atoms with Gasteiger partial charge >= 0.3 is 0 Å². The molecule has 1 saturated carbocycles. The largest absolute Gasteiger partial charge is 0.189 e. The predicted octanol–water partition coefficient (Wildman–Crippen LogP) is 13.5. The monoisotopic (exact) mass is 949 g/mol. The molecule has 0 nitrogen and oxygen atoms in total. The Morgan fingerprint density at radius 1 is 0.229 bits per heavy atom. The molecule has 0 bridgehead atoms. The van der Waals surface area contributed by atoms with E-state index in [1.807, 2.05) is 0 Å². The van der Waals surface area contributed by atoms with Crippen molar-refractivity contribution in [3.8, 4) is 0 Å². The van der Waals surface area contributed by atoms with Gasteiger partial charge in [-0.2, -0.15) is 0 Å². The van der Waals surface area contributed by atoms with Gasteiger partial charge in [0.15, 0.2) is 47.7 Å². The summed E-state index contributed by atoms with van der Waals surface area (Å²) in [6.45, 7) is 0. The van der Waals surface area contributed by atoms with E-state index in [-0.39, 0.29) is 0 Å². The van der Waals surface area contributed by atoms with Crippen molar-refractivity contribution in [3.63, 3.8) is 0 Å². The van der Waals surface area contributed by atoms with Crippen LogP contribution in [-0.2, 0) is 0 Å². The first-order chi connectivity index (χ1) is 14.7. The van der Waals surface area contributed by atoms with Crippen LogP contribution in [0.2, 0.25) is 0 Å². The Kier molecular flexibility index (Phi) is 12.7. The van der Waals surface area contributed by atoms with Gasteiger partial charge in [-0.25, -0.2) is 0 Å². The molecule has 0 N–H and O–H groups in total. The summed E-state index contributed by atoms with van der Waals surface area (Å²) < 4.78 is -34.5. The second-order valence-corrected chi connectivity index (χ2v) is 21.9. The Balaban J connectivity index is 4.45. The van der Waals surface area contributed by atoms with Crippen molar-refractivity contribution in [3.05, 3.63) is 0 Å². The highest BCUT2D eigenvalue weighted by Crippen LogP contribution is 2.77. The summed E-state index contributed by atoms with van der Waals surface area (Å²) in [5, 5.41) is -2.27. The van der Waals surface area contributed by atoms with Gasteiger partial charge in [-0.3, -0.25) is 0 Å². The van der Waals surface area contributed by atoms with E-state index in [1.165, 1.54) is 0 Å². The van der Waals surface area contributed by atoms with Gasteiger partial charge in [-0.1, -0.05) is 255 Å². The maximum Gasteiger partial charge on any atom is 0.189 e. The fraction of sp³-hybridized carbons (Fsp3) is 1.00. The molecule has 0 aromatic rings. The summed E-state index contributed by atoms with van der Waals surface area (Å²) in [5.41, 5.74) is 0. The highest BCUT2D eigenvalue weighted by molar-refractivity contribution is 6.83. The van der Waals surface area contributed by atoms with Gasteiger partial charge in [-0.15, -0.1) is 11.6 Å². The van der Waals surface area contributed by atoms with Crippen molar-refractivity contribution < 1.29 is 0 Å².